The fourth-order valence-electron chi connectivity index (χ4n) is 3.91. The molecule has 0 radical (unpaired) electrons. The summed E-state index contributed by atoms with van der Waals surface area (Å²) in [5.41, 5.74) is 0. The monoisotopic (exact) mass is 390 g/mol. The number of allylic oxidation sites excluding steroid dienone is 4. The van der Waals surface area contributed by atoms with Crippen LogP contribution in [0.1, 0.15) is 155 Å². The smallest absolute Gasteiger partial charge is 0.0351 e. The Kier molecular flexibility index (Phi) is 26.0. The molecular weight excluding hydrogens is 336 g/mol. The van der Waals surface area contributed by atoms with Crippen molar-refractivity contribution < 1.29 is 0 Å². The molecule has 0 aromatic rings. The van der Waals surface area contributed by atoms with Gasteiger partial charge in [0, 0.05) is 0 Å². The van der Waals surface area contributed by atoms with Crippen molar-refractivity contribution >= 4 is 0 Å². The molecule has 0 heterocycles. The molecule has 0 fully saturated rings. The highest BCUT2D eigenvalue weighted by Crippen LogP contribution is 2.13. The van der Waals surface area contributed by atoms with Crippen LogP contribution in [0, 0.1) is 0 Å². The highest BCUT2D eigenvalue weighted by Gasteiger charge is 1.93. The van der Waals surface area contributed by atoms with Gasteiger partial charge in [0.05, 0.1) is 0 Å². The van der Waals surface area contributed by atoms with E-state index in [1.807, 2.05) is 0 Å². The van der Waals surface area contributed by atoms with Crippen LogP contribution >= 0.6 is 0 Å². The van der Waals surface area contributed by atoms with Gasteiger partial charge in [-0.1, -0.05) is 134 Å². The Balaban J connectivity index is 3.07. The van der Waals surface area contributed by atoms with Gasteiger partial charge in [0.2, 0.25) is 0 Å². The van der Waals surface area contributed by atoms with Gasteiger partial charge in [-0.25, -0.2) is 0 Å². The molecule has 0 aromatic heterocycles. The summed E-state index contributed by atoms with van der Waals surface area (Å²) in [7, 11) is 0. The Bertz CT molecular complexity index is 312. The summed E-state index contributed by atoms with van der Waals surface area (Å²) in [6.45, 7) is 4.42. The minimum Gasteiger partial charge on any atom is -0.0917 e. The van der Waals surface area contributed by atoms with Crippen LogP contribution in [-0.2, 0) is 0 Å². The highest BCUT2D eigenvalue weighted by molar-refractivity contribution is 4.81. The maximum absolute atomic E-state index is 2.44. The maximum Gasteiger partial charge on any atom is -0.0351 e. The van der Waals surface area contributed by atoms with Crippen molar-refractivity contribution in [3.8, 4) is 0 Å². The zero-order valence-electron chi connectivity index (χ0n) is 19.9. The predicted molar refractivity (Wildman–Crippen MR) is 131 cm³/mol. The van der Waals surface area contributed by atoms with Gasteiger partial charge in [-0.15, -0.1) is 0 Å². The van der Waals surface area contributed by atoms with Gasteiger partial charge in [0.25, 0.3) is 0 Å². The van der Waals surface area contributed by atoms with E-state index in [9.17, 15) is 0 Å². The molecule has 0 atom stereocenters. The Morgan fingerprint density at radius 1 is 0.357 bits per heavy atom. The fourth-order valence-corrected chi connectivity index (χ4v) is 3.91. The van der Waals surface area contributed by atoms with Crippen LogP contribution in [0.2, 0.25) is 0 Å². The lowest BCUT2D eigenvalue weighted by Crippen LogP contribution is -1.82. The van der Waals surface area contributed by atoms with Crippen molar-refractivity contribution in [1.82, 2.24) is 0 Å². The molecule has 166 valence electrons. The Hall–Kier alpha value is -0.520. The summed E-state index contributed by atoms with van der Waals surface area (Å²) in [5, 5.41) is 0. The molecule has 0 N–H and O–H groups in total. The minimum absolute atomic E-state index is 1.28. The first-order chi connectivity index (χ1) is 13.9. The maximum atomic E-state index is 2.44. The first kappa shape index (κ1) is 27.5. The van der Waals surface area contributed by atoms with Crippen LogP contribution in [0.4, 0.5) is 0 Å². The summed E-state index contributed by atoms with van der Waals surface area (Å²) < 4.78 is 0. The average Bonchev–Trinajstić information content (AvgIpc) is 2.71. The van der Waals surface area contributed by atoms with Gasteiger partial charge in [0.1, 0.15) is 0 Å². The topological polar surface area (TPSA) is 0 Å². The third kappa shape index (κ3) is 25.5. The second-order valence-electron chi connectivity index (χ2n) is 8.77. The molecule has 0 aliphatic rings. The van der Waals surface area contributed by atoms with E-state index in [4.69, 9.17) is 0 Å². The summed E-state index contributed by atoms with van der Waals surface area (Å²) in [5.74, 6) is 0. The van der Waals surface area contributed by atoms with Crippen LogP contribution < -0.4 is 0 Å². The largest absolute Gasteiger partial charge is 0.0917 e. The molecule has 0 aromatic carbocycles. The summed E-state index contributed by atoms with van der Waals surface area (Å²) in [4.78, 5) is 0. The molecule has 0 saturated carbocycles. The number of hydrogen-bond donors (Lipinski definition) is 0. The van der Waals surface area contributed by atoms with E-state index in [1.54, 1.807) is 0 Å². The second kappa shape index (κ2) is 26.5. The SMILES string of the molecule is CC=CCCCCCCCCCCCCC=CCCCCCCCCCCC. The van der Waals surface area contributed by atoms with E-state index < -0.39 is 0 Å². The molecule has 0 unspecified atom stereocenters. The number of rotatable bonds is 23. The molecule has 0 heteroatoms. The number of unbranched alkanes of at least 4 members (excludes halogenated alkanes) is 20. The summed E-state index contributed by atoms with van der Waals surface area (Å²) in [6, 6.07) is 0. The molecule has 0 rings (SSSR count). The van der Waals surface area contributed by atoms with Crippen LogP contribution in [0.5, 0.6) is 0 Å². The predicted octanol–water partition coefficient (Wildman–Crippen LogP) is 10.7. The van der Waals surface area contributed by atoms with Gasteiger partial charge in [0.15, 0.2) is 0 Å². The first-order valence-corrected chi connectivity index (χ1v) is 13.2. The van der Waals surface area contributed by atoms with Crippen LogP contribution in [0.15, 0.2) is 24.3 Å². The summed E-state index contributed by atoms with van der Waals surface area (Å²) in [6.07, 6.45) is 40.6. The van der Waals surface area contributed by atoms with E-state index in [1.165, 1.54) is 141 Å². The lowest BCUT2D eigenvalue weighted by molar-refractivity contribution is 0.553. The molecule has 0 aliphatic heterocycles. The Morgan fingerprint density at radius 2 is 0.643 bits per heavy atom. The molecule has 0 bridgehead atoms. The lowest BCUT2D eigenvalue weighted by Gasteiger charge is -2.02. The second-order valence-corrected chi connectivity index (χ2v) is 8.77. The number of hydrogen-bond acceptors (Lipinski definition) is 0. The molecule has 0 spiro atoms. The van der Waals surface area contributed by atoms with Gasteiger partial charge in [-0.2, -0.15) is 0 Å². The summed E-state index contributed by atoms with van der Waals surface area (Å²) >= 11 is 0. The molecular formula is C28H54. The van der Waals surface area contributed by atoms with Gasteiger partial charge in [-0.05, 0) is 45.4 Å². The third-order valence-corrected chi connectivity index (χ3v) is 5.87. The lowest BCUT2D eigenvalue weighted by atomic mass is 10.0. The molecule has 28 heavy (non-hydrogen) atoms. The third-order valence-electron chi connectivity index (χ3n) is 5.87. The zero-order valence-corrected chi connectivity index (χ0v) is 19.9. The van der Waals surface area contributed by atoms with Crippen molar-refractivity contribution in [3.05, 3.63) is 24.3 Å². The molecule has 0 amide bonds. The molecule has 0 nitrogen and oxygen atoms in total. The van der Waals surface area contributed by atoms with Crippen molar-refractivity contribution in [2.45, 2.75) is 155 Å². The van der Waals surface area contributed by atoms with E-state index in [0.717, 1.165) is 0 Å². The zero-order chi connectivity index (χ0) is 20.4. The van der Waals surface area contributed by atoms with Crippen molar-refractivity contribution in [3.63, 3.8) is 0 Å². The van der Waals surface area contributed by atoms with E-state index in [0.29, 0.717) is 0 Å². The van der Waals surface area contributed by atoms with E-state index >= 15 is 0 Å². The Morgan fingerprint density at radius 3 is 0.964 bits per heavy atom. The molecule has 0 aliphatic carbocycles. The van der Waals surface area contributed by atoms with Gasteiger partial charge in [-0.3, -0.25) is 0 Å². The van der Waals surface area contributed by atoms with Gasteiger partial charge < -0.3 is 0 Å². The van der Waals surface area contributed by atoms with Crippen molar-refractivity contribution in [1.29, 1.82) is 0 Å². The van der Waals surface area contributed by atoms with Crippen molar-refractivity contribution in [2.75, 3.05) is 0 Å². The van der Waals surface area contributed by atoms with Gasteiger partial charge >= 0.3 is 0 Å². The van der Waals surface area contributed by atoms with Crippen molar-refractivity contribution in [2.24, 2.45) is 0 Å². The van der Waals surface area contributed by atoms with Crippen LogP contribution in [-0.4, -0.2) is 0 Å². The van der Waals surface area contributed by atoms with Crippen LogP contribution in [0.3, 0.4) is 0 Å². The van der Waals surface area contributed by atoms with E-state index in [-0.39, 0.29) is 0 Å². The Labute approximate surface area is 179 Å². The standard InChI is InChI=1S/C28H54/c1-3-5-7-9-11-13-15-17-19-21-23-25-27-28-26-24-22-20-18-16-14-12-10-8-6-4-2/h3,5,24,26H,4,6-23,25,27-28H2,1-2H3. The van der Waals surface area contributed by atoms with E-state index in [2.05, 4.69) is 38.2 Å². The highest BCUT2D eigenvalue weighted by atomic mass is 14.0. The average molecular weight is 391 g/mol. The normalized spacial score (nSPS) is 11.9. The first-order valence-electron chi connectivity index (χ1n) is 13.2. The molecule has 0 saturated heterocycles. The minimum atomic E-state index is 1.28. The van der Waals surface area contributed by atoms with Crippen LogP contribution in [0.25, 0.3) is 0 Å². The fraction of sp³-hybridized carbons (Fsp3) is 0.857. The quantitative estimate of drug-likeness (QED) is 0.120.